The summed E-state index contributed by atoms with van der Waals surface area (Å²) in [5.41, 5.74) is -0.387. The minimum atomic E-state index is -1.63. The quantitative estimate of drug-likeness (QED) is 0.661. The van der Waals surface area contributed by atoms with Crippen LogP contribution in [0.4, 0.5) is 0 Å². The third-order valence-corrected chi connectivity index (χ3v) is 3.15. The molecule has 6 nitrogen and oxygen atoms in total. The van der Waals surface area contributed by atoms with E-state index in [9.17, 15) is 14.7 Å². The standard InChI is InChI=1S/C14H16N2O4/c1-3-20-13(19)14(2,12(17)18)8-10-9-16-7-5-4-6-11(16)15-10/h4-7,9H,3,8H2,1-2H3,(H,17,18). The molecule has 0 saturated carbocycles. The maximum absolute atomic E-state index is 11.9. The van der Waals surface area contributed by atoms with Crippen molar-refractivity contribution in [3.63, 3.8) is 0 Å². The molecular weight excluding hydrogens is 260 g/mol. The number of aromatic nitrogens is 2. The molecule has 1 atom stereocenters. The summed E-state index contributed by atoms with van der Waals surface area (Å²) < 4.78 is 6.64. The predicted octanol–water partition coefficient (Wildman–Crippen LogP) is 1.53. The van der Waals surface area contributed by atoms with E-state index in [1.165, 1.54) is 6.92 Å². The number of hydrogen-bond acceptors (Lipinski definition) is 4. The van der Waals surface area contributed by atoms with Gasteiger partial charge in [0.25, 0.3) is 0 Å². The molecule has 1 unspecified atom stereocenters. The maximum atomic E-state index is 11.9. The predicted molar refractivity (Wildman–Crippen MR) is 71.3 cm³/mol. The Labute approximate surface area is 116 Å². The van der Waals surface area contributed by atoms with E-state index >= 15 is 0 Å². The molecule has 0 saturated heterocycles. The number of rotatable bonds is 5. The third-order valence-electron chi connectivity index (χ3n) is 3.15. The van der Waals surface area contributed by atoms with E-state index < -0.39 is 17.4 Å². The van der Waals surface area contributed by atoms with Gasteiger partial charge in [-0.3, -0.25) is 9.59 Å². The number of fused-ring (bicyclic) bond motifs is 1. The second kappa shape index (κ2) is 5.32. The lowest BCUT2D eigenvalue weighted by Gasteiger charge is -2.21. The van der Waals surface area contributed by atoms with Crippen LogP contribution < -0.4 is 0 Å². The fourth-order valence-electron chi connectivity index (χ4n) is 1.96. The van der Waals surface area contributed by atoms with E-state index in [0.29, 0.717) is 11.3 Å². The average molecular weight is 276 g/mol. The van der Waals surface area contributed by atoms with Crippen LogP contribution in [0.5, 0.6) is 0 Å². The first-order valence-corrected chi connectivity index (χ1v) is 6.30. The van der Waals surface area contributed by atoms with Gasteiger partial charge in [0.05, 0.1) is 12.3 Å². The minimum Gasteiger partial charge on any atom is -0.480 e. The number of nitrogens with zero attached hydrogens (tertiary/aromatic N) is 2. The molecule has 2 aromatic rings. The molecule has 0 aliphatic heterocycles. The Bertz CT molecular complexity index is 616. The highest BCUT2D eigenvalue weighted by atomic mass is 16.5. The van der Waals surface area contributed by atoms with Gasteiger partial charge in [-0.25, -0.2) is 4.98 Å². The molecule has 0 aliphatic rings. The summed E-state index contributed by atoms with van der Waals surface area (Å²) in [5.74, 6) is -1.96. The van der Waals surface area contributed by atoms with Crippen molar-refractivity contribution in [2.24, 2.45) is 5.41 Å². The highest BCUT2D eigenvalue weighted by Crippen LogP contribution is 2.25. The lowest BCUT2D eigenvalue weighted by molar-refractivity contribution is -0.167. The van der Waals surface area contributed by atoms with E-state index in [1.807, 2.05) is 24.4 Å². The Balaban J connectivity index is 2.32. The smallest absolute Gasteiger partial charge is 0.323 e. The molecule has 2 rings (SSSR count). The van der Waals surface area contributed by atoms with Crippen LogP contribution in [0.3, 0.4) is 0 Å². The molecule has 0 radical (unpaired) electrons. The number of imidazole rings is 1. The van der Waals surface area contributed by atoms with E-state index in [2.05, 4.69) is 4.98 Å². The van der Waals surface area contributed by atoms with Crippen LogP contribution in [0, 0.1) is 5.41 Å². The number of aliphatic carboxylic acids is 1. The summed E-state index contributed by atoms with van der Waals surface area (Å²) >= 11 is 0. The summed E-state index contributed by atoms with van der Waals surface area (Å²) in [6.45, 7) is 3.15. The highest BCUT2D eigenvalue weighted by molar-refractivity contribution is 5.98. The fourth-order valence-corrected chi connectivity index (χ4v) is 1.96. The number of carboxylic acid groups (broad SMARTS) is 1. The second-order valence-electron chi connectivity index (χ2n) is 4.73. The molecule has 0 bridgehead atoms. The average Bonchev–Trinajstić information content (AvgIpc) is 2.80. The molecule has 106 valence electrons. The molecule has 2 heterocycles. The van der Waals surface area contributed by atoms with Gasteiger partial charge in [0, 0.05) is 18.8 Å². The number of carboxylic acids is 1. The van der Waals surface area contributed by atoms with Crippen molar-refractivity contribution in [3.05, 3.63) is 36.3 Å². The number of carbonyl (C=O) groups is 2. The first-order chi connectivity index (χ1) is 9.47. The van der Waals surface area contributed by atoms with E-state index in [4.69, 9.17) is 4.74 Å². The molecule has 1 N–H and O–H groups in total. The van der Waals surface area contributed by atoms with Gasteiger partial charge in [0.2, 0.25) is 0 Å². The zero-order chi connectivity index (χ0) is 14.8. The Morgan fingerprint density at radius 2 is 2.20 bits per heavy atom. The van der Waals surface area contributed by atoms with Gasteiger partial charge in [-0.2, -0.15) is 0 Å². The monoisotopic (exact) mass is 276 g/mol. The van der Waals surface area contributed by atoms with Gasteiger partial charge in [0.1, 0.15) is 5.65 Å². The minimum absolute atomic E-state index is 0.0111. The van der Waals surface area contributed by atoms with Gasteiger partial charge in [0.15, 0.2) is 5.41 Å². The van der Waals surface area contributed by atoms with Crippen LogP contribution in [0.2, 0.25) is 0 Å². The Morgan fingerprint density at radius 3 is 2.80 bits per heavy atom. The highest BCUT2D eigenvalue weighted by Gasteiger charge is 2.43. The largest absolute Gasteiger partial charge is 0.480 e. The molecule has 20 heavy (non-hydrogen) atoms. The van der Waals surface area contributed by atoms with E-state index in [1.54, 1.807) is 17.5 Å². The molecule has 0 aromatic carbocycles. The summed E-state index contributed by atoms with van der Waals surface area (Å²) in [5, 5.41) is 9.33. The van der Waals surface area contributed by atoms with Crippen molar-refractivity contribution in [1.29, 1.82) is 0 Å². The zero-order valence-corrected chi connectivity index (χ0v) is 11.4. The van der Waals surface area contributed by atoms with Crippen molar-refractivity contribution < 1.29 is 19.4 Å². The van der Waals surface area contributed by atoms with Crippen molar-refractivity contribution in [2.75, 3.05) is 6.61 Å². The van der Waals surface area contributed by atoms with Crippen molar-refractivity contribution in [2.45, 2.75) is 20.3 Å². The summed E-state index contributed by atoms with van der Waals surface area (Å²) in [6, 6.07) is 5.50. The molecule has 2 aromatic heterocycles. The van der Waals surface area contributed by atoms with Gasteiger partial charge < -0.3 is 14.2 Å². The maximum Gasteiger partial charge on any atom is 0.323 e. The molecular formula is C14H16N2O4. The normalized spacial score (nSPS) is 13.9. The summed E-state index contributed by atoms with van der Waals surface area (Å²) in [4.78, 5) is 27.6. The molecule has 0 aliphatic carbocycles. The Morgan fingerprint density at radius 1 is 1.45 bits per heavy atom. The van der Waals surface area contributed by atoms with Gasteiger partial charge >= 0.3 is 11.9 Å². The lowest BCUT2D eigenvalue weighted by Crippen LogP contribution is -2.40. The van der Waals surface area contributed by atoms with Crippen LogP contribution in [0.1, 0.15) is 19.5 Å². The van der Waals surface area contributed by atoms with Crippen LogP contribution in [0.15, 0.2) is 30.6 Å². The van der Waals surface area contributed by atoms with Crippen LogP contribution in [0.25, 0.3) is 5.65 Å². The van der Waals surface area contributed by atoms with E-state index in [-0.39, 0.29) is 13.0 Å². The van der Waals surface area contributed by atoms with Crippen molar-refractivity contribution >= 4 is 17.6 Å². The Kier molecular flexibility index (Phi) is 3.74. The van der Waals surface area contributed by atoms with Crippen molar-refractivity contribution in [3.8, 4) is 0 Å². The van der Waals surface area contributed by atoms with Crippen molar-refractivity contribution in [1.82, 2.24) is 9.38 Å². The van der Waals surface area contributed by atoms with Crippen LogP contribution in [-0.2, 0) is 20.7 Å². The lowest BCUT2D eigenvalue weighted by atomic mass is 9.86. The van der Waals surface area contributed by atoms with Gasteiger partial charge in [-0.05, 0) is 26.0 Å². The van der Waals surface area contributed by atoms with E-state index in [0.717, 1.165) is 0 Å². The summed E-state index contributed by atoms with van der Waals surface area (Å²) in [6.07, 6.45) is 3.52. The number of hydrogen-bond donors (Lipinski definition) is 1. The van der Waals surface area contributed by atoms with Crippen LogP contribution in [-0.4, -0.2) is 33.0 Å². The Hall–Kier alpha value is -2.37. The summed E-state index contributed by atoms with van der Waals surface area (Å²) in [7, 11) is 0. The molecule has 0 fully saturated rings. The molecule has 0 spiro atoms. The number of carbonyl (C=O) groups excluding carboxylic acids is 1. The first-order valence-electron chi connectivity index (χ1n) is 6.30. The number of esters is 1. The zero-order valence-electron chi connectivity index (χ0n) is 11.4. The third kappa shape index (κ3) is 2.49. The second-order valence-corrected chi connectivity index (χ2v) is 4.73. The molecule has 0 amide bonds. The SMILES string of the molecule is CCOC(=O)C(C)(Cc1cn2ccccc2n1)C(=O)O. The van der Waals surface area contributed by atoms with Gasteiger partial charge in [-0.1, -0.05) is 6.07 Å². The fraction of sp³-hybridized carbons (Fsp3) is 0.357. The number of ether oxygens (including phenoxy) is 1. The first kappa shape index (κ1) is 14.0. The topological polar surface area (TPSA) is 80.9 Å². The van der Waals surface area contributed by atoms with Gasteiger partial charge in [-0.15, -0.1) is 0 Å². The van der Waals surface area contributed by atoms with Crippen LogP contribution >= 0.6 is 0 Å². The molecule has 6 heteroatoms. The number of pyridine rings is 1.